The summed E-state index contributed by atoms with van der Waals surface area (Å²) in [6.07, 6.45) is 1.54. The number of amides is 1. The van der Waals surface area contributed by atoms with Crippen molar-refractivity contribution in [2.75, 3.05) is 18.5 Å². The van der Waals surface area contributed by atoms with Crippen molar-refractivity contribution in [3.63, 3.8) is 0 Å². The van der Waals surface area contributed by atoms with Gasteiger partial charge in [0.1, 0.15) is 5.82 Å². The summed E-state index contributed by atoms with van der Waals surface area (Å²) >= 11 is 0. The Balaban J connectivity index is 0.00000300. The first-order valence-corrected chi connectivity index (χ1v) is 9.32. The van der Waals surface area contributed by atoms with Crippen LogP contribution in [0.1, 0.15) is 29.5 Å². The van der Waals surface area contributed by atoms with Crippen molar-refractivity contribution in [1.29, 1.82) is 0 Å². The first kappa shape index (κ1) is 23.1. The molecule has 0 atom stereocenters. The number of guanidine groups is 1. The zero-order valence-corrected chi connectivity index (χ0v) is 18.7. The summed E-state index contributed by atoms with van der Waals surface area (Å²) in [5, 5.41) is 15.6. The summed E-state index contributed by atoms with van der Waals surface area (Å²) in [7, 11) is 1.68. The molecule has 1 amide bonds. The maximum atomic E-state index is 13.5. The van der Waals surface area contributed by atoms with Crippen LogP contribution >= 0.6 is 24.0 Å². The van der Waals surface area contributed by atoms with Crippen LogP contribution in [0.2, 0.25) is 0 Å². The number of carbonyl (C=O) groups is 1. The predicted octanol–water partition coefficient (Wildman–Crippen LogP) is 2.93. The van der Waals surface area contributed by atoms with Crippen LogP contribution in [0.5, 0.6) is 0 Å². The Labute approximate surface area is 187 Å². The Morgan fingerprint density at radius 1 is 1.14 bits per heavy atom. The van der Waals surface area contributed by atoms with Gasteiger partial charge in [0.05, 0.1) is 6.61 Å². The van der Waals surface area contributed by atoms with Crippen LogP contribution in [0, 0.1) is 5.82 Å². The SMILES string of the molecule is CN=C(NCc1ccc(N2CCCC2=O)cc1)NCc1ccc(F)c(CO)c1.I. The molecular formula is C21H26FIN4O2. The van der Waals surface area contributed by atoms with E-state index in [1.807, 2.05) is 29.2 Å². The molecule has 6 nitrogen and oxygen atoms in total. The Morgan fingerprint density at radius 3 is 2.38 bits per heavy atom. The third-order valence-corrected chi connectivity index (χ3v) is 4.75. The van der Waals surface area contributed by atoms with Crippen molar-refractivity contribution < 1.29 is 14.3 Å². The van der Waals surface area contributed by atoms with Gasteiger partial charge in [0, 0.05) is 44.4 Å². The first-order chi connectivity index (χ1) is 13.6. The quantitative estimate of drug-likeness (QED) is 0.316. The van der Waals surface area contributed by atoms with Crippen molar-refractivity contribution in [2.24, 2.45) is 4.99 Å². The number of nitrogens with one attached hydrogen (secondary N) is 2. The monoisotopic (exact) mass is 512 g/mol. The highest BCUT2D eigenvalue weighted by atomic mass is 127. The van der Waals surface area contributed by atoms with Crippen molar-refractivity contribution in [3.05, 3.63) is 65.0 Å². The maximum Gasteiger partial charge on any atom is 0.227 e. The van der Waals surface area contributed by atoms with Crippen LogP contribution in [0.15, 0.2) is 47.5 Å². The number of aliphatic imine (C=N–C) groups is 1. The second-order valence-corrected chi connectivity index (χ2v) is 6.68. The van der Waals surface area contributed by atoms with Crippen LogP contribution in [0.4, 0.5) is 10.1 Å². The zero-order valence-electron chi connectivity index (χ0n) is 16.3. The molecule has 0 aromatic heterocycles. The van der Waals surface area contributed by atoms with Gasteiger partial charge in [0.25, 0.3) is 0 Å². The lowest BCUT2D eigenvalue weighted by atomic mass is 10.1. The fourth-order valence-corrected chi connectivity index (χ4v) is 3.17. The number of halogens is 2. The van der Waals surface area contributed by atoms with Crippen molar-refractivity contribution in [1.82, 2.24) is 10.6 Å². The predicted molar refractivity (Wildman–Crippen MR) is 123 cm³/mol. The summed E-state index contributed by atoms with van der Waals surface area (Å²) in [6.45, 7) is 1.50. The number of anilines is 1. The minimum atomic E-state index is -0.409. The normalized spacial score (nSPS) is 14.0. The molecule has 2 aromatic rings. The molecule has 156 valence electrons. The summed E-state index contributed by atoms with van der Waals surface area (Å²) in [6, 6.07) is 12.6. The van der Waals surface area contributed by atoms with E-state index in [0.717, 1.165) is 29.8 Å². The number of hydrogen-bond acceptors (Lipinski definition) is 3. The molecule has 0 radical (unpaired) electrons. The van der Waals surface area contributed by atoms with E-state index in [1.165, 1.54) is 6.07 Å². The number of aliphatic hydroxyl groups excluding tert-OH is 1. The number of carbonyl (C=O) groups excluding carboxylic acids is 1. The summed E-state index contributed by atoms with van der Waals surface area (Å²) in [5.41, 5.74) is 3.14. The van der Waals surface area contributed by atoms with Crippen LogP contribution in [-0.2, 0) is 24.5 Å². The van der Waals surface area contributed by atoms with E-state index in [1.54, 1.807) is 19.2 Å². The fraction of sp³-hybridized carbons (Fsp3) is 0.333. The molecule has 2 aromatic carbocycles. The topological polar surface area (TPSA) is 77.0 Å². The van der Waals surface area contributed by atoms with Crippen molar-refractivity contribution >= 4 is 41.5 Å². The molecule has 3 N–H and O–H groups in total. The molecular weight excluding hydrogens is 486 g/mol. The number of benzene rings is 2. The van der Waals surface area contributed by atoms with Gasteiger partial charge in [-0.2, -0.15) is 0 Å². The zero-order chi connectivity index (χ0) is 19.9. The Bertz CT molecular complexity index is 858. The first-order valence-electron chi connectivity index (χ1n) is 9.32. The Morgan fingerprint density at radius 2 is 1.79 bits per heavy atom. The number of rotatable bonds is 6. The van der Waals surface area contributed by atoms with Crippen LogP contribution in [0.3, 0.4) is 0 Å². The molecule has 3 rings (SSSR count). The van der Waals surface area contributed by atoms with Crippen molar-refractivity contribution in [3.8, 4) is 0 Å². The average Bonchev–Trinajstić information content (AvgIpc) is 3.15. The molecule has 1 heterocycles. The highest BCUT2D eigenvalue weighted by Crippen LogP contribution is 2.21. The van der Waals surface area contributed by atoms with Crippen molar-refractivity contribution in [2.45, 2.75) is 32.5 Å². The largest absolute Gasteiger partial charge is 0.392 e. The van der Waals surface area contributed by atoms with Gasteiger partial charge in [-0.1, -0.05) is 18.2 Å². The third kappa shape index (κ3) is 6.14. The Hall–Kier alpha value is -2.20. The highest BCUT2D eigenvalue weighted by molar-refractivity contribution is 14.0. The molecule has 0 spiro atoms. The van der Waals surface area contributed by atoms with E-state index >= 15 is 0 Å². The number of nitrogens with zero attached hydrogens (tertiary/aromatic N) is 2. The van der Waals surface area contributed by atoms with E-state index in [0.29, 0.717) is 25.5 Å². The molecule has 29 heavy (non-hydrogen) atoms. The number of aliphatic hydroxyl groups is 1. The van der Waals surface area contributed by atoms with Crippen LogP contribution in [0.25, 0.3) is 0 Å². The smallest absolute Gasteiger partial charge is 0.227 e. The standard InChI is InChI=1S/C21H25FN4O2.HI/c1-23-21(25-13-16-6-9-19(22)17(11-16)14-27)24-12-15-4-7-18(8-5-15)26-10-2-3-20(26)28;/h4-9,11,27H,2-3,10,12-14H2,1H3,(H2,23,24,25);1H. The van der Waals surface area contributed by atoms with Gasteiger partial charge in [-0.15, -0.1) is 24.0 Å². The van der Waals surface area contributed by atoms with Gasteiger partial charge in [-0.25, -0.2) is 4.39 Å². The van der Waals surface area contributed by atoms with Crippen LogP contribution in [-0.4, -0.2) is 30.6 Å². The van der Waals surface area contributed by atoms with E-state index < -0.39 is 5.82 Å². The van der Waals surface area contributed by atoms with E-state index in [4.69, 9.17) is 5.11 Å². The summed E-state index contributed by atoms with van der Waals surface area (Å²) in [5.74, 6) is 0.391. The third-order valence-electron chi connectivity index (χ3n) is 4.75. The lowest BCUT2D eigenvalue weighted by molar-refractivity contribution is -0.117. The van der Waals surface area contributed by atoms with Gasteiger partial charge in [-0.05, 0) is 41.8 Å². The Kier molecular flexibility index (Phi) is 8.84. The molecule has 0 saturated carbocycles. The molecule has 8 heteroatoms. The van der Waals surface area contributed by atoms with Gasteiger partial charge in [0.2, 0.25) is 5.91 Å². The van der Waals surface area contributed by atoms with E-state index in [9.17, 15) is 9.18 Å². The molecule has 1 aliphatic heterocycles. The summed E-state index contributed by atoms with van der Waals surface area (Å²) in [4.78, 5) is 17.8. The molecule has 0 bridgehead atoms. The minimum absolute atomic E-state index is 0. The second-order valence-electron chi connectivity index (χ2n) is 6.68. The molecule has 1 fully saturated rings. The molecule has 0 unspecified atom stereocenters. The molecule has 1 aliphatic rings. The second kappa shape index (κ2) is 11.1. The lowest BCUT2D eigenvalue weighted by Crippen LogP contribution is -2.36. The van der Waals surface area contributed by atoms with Crippen LogP contribution < -0.4 is 15.5 Å². The fourth-order valence-electron chi connectivity index (χ4n) is 3.17. The number of hydrogen-bond donors (Lipinski definition) is 3. The van der Waals surface area contributed by atoms with Gasteiger partial charge in [0.15, 0.2) is 5.96 Å². The minimum Gasteiger partial charge on any atom is -0.392 e. The highest BCUT2D eigenvalue weighted by Gasteiger charge is 2.21. The maximum absolute atomic E-state index is 13.5. The van der Waals surface area contributed by atoms with Gasteiger partial charge in [-0.3, -0.25) is 9.79 Å². The molecule has 1 saturated heterocycles. The summed E-state index contributed by atoms with van der Waals surface area (Å²) < 4.78 is 13.5. The van der Waals surface area contributed by atoms with Gasteiger partial charge < -0.3 is 20.6 Å². The average molecular weight is 512 g/mol. The van der Waals surface area contributed by atoms with E-state index in [-0.39, 0.29) is 42.1 Å². The molecule has 0 aliphatic carbocycles. The lowest BCUT2D eigenvalue weighted by Gasteiger charge is -2.16. The van der Waals surface area contributed by atoms with E-state index in [2.05, 4.69) is 15.6 Å². The van der Waals surface area contributed by atoms with Gasteiger partial charge >= 0.3 is 0 Å².